The van der Waals surface area contributed by atoms with Crippen LogP contribution in [0.25, 0.3) is 0 Å². The Morgan fingerprint density at radius 2 is 1.96 bits per heavy atom. The van der Waals surface area contributed by atoms with Crippen LogP contribution >= 0.6 is 0 Å². The third-order valence-corrected chi connectivity index (χ3v) is 3.72. The summed E-state index contributed by atoms with van der Waals surface area (Å²) in [4.78, 5) is 11.8. The lowest BCUT2D eigenvalue weighted by Crippen LogP contribution is -2.31. The largest absolute Gasteiger partial charge is 0.489 e. The van der Waals surface area contributed by atoms with Gasteiger partial charge in [0.15, 0.2) is 0 Å². The van der Waals surface area contributed by atoms with Crippen molar-refractivity contribution in [3.8, 4) is 5.75 Å². The summed E-state index contributed by atoms with van der Waals surface area (Å²) in [5.74, 6) is 0.295. The molecule has 0 saturated heterocycles. The molecule has 2 rings (SSSR count). The van der Waals surface area contributed by atoms with Crippen molar-refractivity contribution in [3.63, 3.8) is 0 Å². The highest BCUT2D eigenvalue weighted by Gasteiger charge is 2.10. The van der Waals surface area contributed by atoms with Crippen molar-refractivity contribution in [2.24, 2.45) is 5.73 Å². The molecule has 0 aliphatic heterocycles. The predicted octanol–water partition coefficient (Wildman–Crippen LogP) is 2.38. The summed E-state index contributed by atoms with van der Waals surface area (Å²) in [7, 11) is 1.54. The van der Waals surface area contributed by atoms with Gasteiger partial charge in [-0.1, -0.05) is 24.3 Å². The minimum absolute atomic E-state index is 0.108. The van der Waals surface area contributed by atoms with Crippen LogP contribution in [-0.2, 0) is 22.7 Å². The first-order chi connectivity index (χ1) is 12.1. The number of ether oxygens (including phenoxy) is 2. The summed E-state index contributed by atoms with van der Waals surface area (Å²) in [5.41, 5.74) is 7.21. The van der Waals surface area contributed by atoms with Crippen LogP contribution in [0.1, 0.15) is 17.5 Å². The fourth-order valence-corrected chi connectivity index (χ4v) is 2.24. The van der Waals surface area contributed by atoms with Gasteiger partial charge in [-0.05, 0) is 35.4 Å². The topological polar surface area (TPSA) is 73.6 Å². The van der Waals surface area contributed by atoms with E-state index in [1.165, 1.54) is 19.2 Å². The Hall–Kier alpha value is -2.44. The summed E-state index contributed by atoms with van der Waals surface area (Å²) in [6.07, 6.45) is -0.0273. The molecule has 6 heteroatoms. The van der Waals surface area contributed by atoms with Crippen molar-refractivity contribution in [1.29, 1.82) is 0 Å². The summed E-state index contributed by atoms with van der Waals surface area (Å²) in [6.45, 7) is 1.02. The molecule has 1 amide bonds. The van der Waals surface area contributed by atoms with Gasteiger partial charge in [0.2, 0.25) is 5.91 Å². The molecule has 0 radical (unpaired) electrons. The minimum Gasteiger partial charge on any atom is -0.489 e. The van der Waals surface area contributed by atoms with Gasteiger partial charge < -0.3 is 20.5 Å². The van der Waals surface area contributed by atoms with Gasteiger partial charge in [-0.25, -0.2) is 4.39 Å². The first-order valence-corrected chi connectivity index (χ1v) is 8.06. The lowest BCUT2D eigenvalue weighted by Gasteiger charge is -2.13. The second-order valence-electron chi connectivity index (χ2n) is 5.64. The van der Waals surface area contributed by atoms with Gasteiger partial charge in [-0.15, -0.1) is 0 Å². The zero-order chi connectivity index (χ0) is 18.1. The van der Waals surface area contributed by atoms with Gasteiger partial charge >= 0.3 is 0 Å². The number of benzene rings is 2. The Labute approximate surface area is 146 Å². The second-order valence-corrected chi connectivity index (χ2v) is 5.64. The van der Waals surface area contributed by atoms with Gasteiger partial charge in [0.1, 0.15) is 18.2 Å². The van der Waals surface area contributed by atoms with E-state index >= 15 is 0 Å². The number of halogens is 1. The molecule has 25 heavy (non-hydrogen) atoms. The van der Waals surface area contributed by atoms with Crippen LogP contribution in [0.15, 0.2) is 48.5 Å². The quantitative estimate of drug-likeness (QED) is 0.731. The van der Waals surface area contributed by atoms with Crippen LogP contribution in [0.5, 0.6) is 5.75 Å². The van der Waals surface area contributed by atoms with E-state index in [2.05, 4.69) is 5.32 Å². The lowest BCUT2D eigenvalue weighted by atomic mass is 10.2. The van der Waals surface area contributed by atoms with Crippen LogP contribution < -0.4 is 15.8 Å². The summed E-state index contributed by atoms with van der Waals surface area (Å²) in [5, 5.41) is 2.82. The molecule has 134 valence electrons. The third kappa shape index (κ3) is 6.52. The first-order valence-electron chi connectivity index (χ1n) is 8.06. The Morgan fingerprint density at radius 1 is 1.20 bits per heavy atom. The van der Waals surface area contributed by atoms with Crippen LogP contribution in [0, 0.1) is 5.82 Å². The zero-order valence-corrected chi connectivity index (χ0v) is 14.2. The minimum atomic E-state index is -0.280. The predicted molar refractivity (Wildman–Crippen MR) is 93.5 cm³/mol. The number of nitrogens with two attached hydrogens (primary N) is 1. The molecule has 0 bridgehead atoms. The average Bonchev–Trinajstić information content (AvgIpc) is 2.63. The van der Waals surface area contributed by atoms with Crippen LogP contribution in [-0.4, -0.2) is 25.7 Å². The molecule has 0 aromatic heterocycles. The number of amides is 1. The maximum absolute atomic E-state index is 13.1. The van der Waals surface area contributed by atoms with E-state index in [0.717, 1.165) is 11.1 Å². The lowest BCUT2D eigenvalue weighted by molar-refractivity contribution is -0.123. The SMILES string of the molecule is COC(CN)CC(=O)NCc1ccc(OCc2cccc(F)c2)cc1. The van der Waals surface area contributed by atoms with Gasteiger partial charge in [0, 0.05) is 20.2 Å². The molecular formula is C19H23FN2O3. The fraction of sp³-hybridized carbons (Fsp3) is 0.316. The summed E-state index contributed by atoms with van der Waals surface area (Å²) < 4.78 is 23.8. The van der Waals surface area contributed by atoms with Crippen LogP contribution in [0.3, 0.4) is 0 Å². The molecule has 1 unspecified atom stereocenters. The highest BCUT2D eigenvalue weighted by Crippen LogP contribution is 2.15. The van der Waals surface area contributed by atoms with Crippen molar-refractivity contribution >= 4 is 5.91 Å². The van der Waals surface area contributed by atoms with Crippen LogP contribution in [0.2, 0.25) is 0 Å². The van der Waals surface area contributed by atoms with E-state index in [4.69, 9.17) is 15.2 Å². The Morgan fingerprint density at radius 3 is 2.60 bits per heavy atom. The molecular weight excluding hydrogens is 323 g/mol. The number of carbonyl (C=O) groups excluding carboxylic acids is 1. The Balaban J connectivity index is 1.78. The Bertz CT molecular complexity index is 673. The average molecular weight is 346 g/mol. The highest BCUT2D eigenvalue weighted by molar-refractivity contribution is 5.76. The van der Waals surface area contributed by atoms with E-state index in [0.29, 0.717) is 25.4 Å². The van der Waals surface area contributed by atoms with E-state index in [1.807, 2.05) is 30.3 Å². The molecule has 5 nitrogen and oxygen atoms in total. The Kier molecular flexibility index (Phi) is 7.37. The molecule has 3 N–H and O–H groups in total. The van der Waals surface area contributed by atoms with Gasteiger partial charge in [-0.2, -0.15) is 0 Å². The molecule has 0 heterocycles. The number of rotatable bonds is 9. The van der Waals surface area contributed by atoms with Crippen molar-refractivity contribution < 1.29 is 18.7 Å². The van der Waals surface area contributed by atoms with Gasteiger partial charge in [0.05, 0.1) is 12.5 Å². The summed E-state index contributed by atoms with van der Waals surface area (Å²) >= 11 is 0. The molecule has 0 saturated carbocycles. The molecule has 2 aromatic rings. The summed E-state index contributed by atoms with van der Waals surface area (Å²) in [6, 6.07) is 13.7. The normalized spacial score (nSPS) is 11.8. The fourth-order valence-electron chi connectivity index (χ4n) is 2.24. The van der Waals surface area contributed by atoms with Gasteiger partial charge in [-0.3, -0.25) is 4.79 Å². The number of nitrogens with one attached hydrogen (secondary N) is 1. The number of hydrogen-bond acceptors (Lipinski definition) is 4. The maximum atomic E-state index is 13.1. The molecule has 1 atom stereocenters. The van der Waals surface area contributed by atoms with Crippen molar-refractivity contribution in [1.82, 2.24) is 5.32 Å². The standard InChI is InChI=1S/C19H23FN2O3/c1-24-18(11-21)10-19(23)22-12-14-5-7-17(8-6-14)25-13-15-3-2-4-16(20)9-15/h2-9,18H,10-13,21H2,1H3,(H,22,23). The van der Waals surface area contributed by atoms with E-state index in [-0.39, 0.29) is 24.2 Å². The molecule has 0 aliphatic carbocycles. The van der Waals surface area contributed by atoms with E-state index < -0.39 is 0 Å². The van der Waals surface area contributed by atoms with Crippen molar-refractivity contribution in [2.75, 3.05) is 13.7 Å². The van der Waals surface area contributed by atoms with E-state index in [9.17, 15) is 9.18 Å². The van der Waals surface area contributed by atoms with Crippen LogP contribution in [0.4, 0.5) is 4.39 Å². The number of hydrogen-bond donors (Lipinski definition) is 2. The third-order valence-electron chi connectivity index (χ3n) is 3.72. The molecule has 2 aromatic carbocycles. The first kappa shape index (κ1) is 18.9. The zero-order valence-electron chi connectivity index (χ0n) is 14.2. The molecule has 0 spiro atoms. The van der Waals surface area contributed by atoms with Crippen molar-refractivity contribution in [3.05, 3.63) is 65.5 Å². The highest BCUT2D eigenvalue weighted by atomic mass is 19.1. The number of carbonyl (C=O) groups is 1. The monoisotopic (exact) mass is 346 g/mol. The second kappa shape index (κ2) is 9.76. The molecule has 0 fully saturated rings. The molecule has 0 aliphatic rings. The van der Waals surface area contributed by atoms with Gasteiger partial charge in [0.25, 0.3) is 0 Å². The number of methoxy groups -OCH3 is 1. The van der Waals surface area contributed by atoms with Crippen molar-refractivity contribution in [2.45, 2.75) is 25.7 Å². The maximum Gasteiger partial charge on any atom is 0.222 e. The smallest absolute Gasteiger partial charge is 0.222 e. The van der Waals surface area contributed by atoms with E-state index in [1.54, 1.807) is 6.07 Å².